The Balaban J connectivity index is 1.65. The fourth-order valence-corrected chi connectivity index (χ4v) is 2.71. The highest BCUT2D eigenvalue weighted by Gasteiger charge is 2.18. The van der Waals surface area contributed by atoms with E-state index in [1.165, 1.54) is 17.6 Å². The van der Waals surface area contributed by atoms with Crippen molar-refractivity contribution in [2.24, 2.45) is 0 Å². The van der Waals surface area contributed by atoms with Gasteiger partial charge in [0.1, 0.15) is 6.54 Å². The van der Waals surface area contributed by atoms with E-state index >= 15 is 0 Å². The second-order valence-electron chi connectivity index (χ2n) is 5.51. The number of benzene rings is 1. The lowest BCUT2D eigenvalue weighted by Gasteiger charge is -2.10. The summed E-state index contributed by atoms with van der Waals surface area (Å²) in [7, 11) is 0. The molecule has 1 N–H and O–H groups in total. The van der Waals surface area contributed by atoms with Gasteiger partial charge in [0, 0.05) is 11.6 Å². The summed E-state index contributed by atoms with van der Waals surface area (Å²) in [5.74, 6) is 0.511. The zero-order chi connectivity index (χ0) is 14.7. The number of carbonyl (C=O) groups excluding carboxylic acids is 1. The zero-order valence-electron chi connectivity index (χ0n) is 12.1. The first kappa shape index (κ1) is 13.7. The second-order valence-corrected chi connectivity index (χ2v) is 5.51. The van der Waals surface area contributed by atoms with Crippen LogP contribution in [-0.4, -0.2) is 32.2 Å². The highest BCUT2D eigenvalue weighted by Crippen LogP contribution is 2.18. The van der Waals surface area contributed by atoms with Crippen molar-refractivity contribution in [1.82, 2.24) is 25.5 Å². The maximum absolute atomic E-state index is 11.9. The van der Waals surface area contributed by atoms with Crippen LogP contribution in [-0.2, 0) is 11.3 Å². The van der Waals surface area contributed by atoms with E-state index in [1.54, 1.807) is 0 Å². The second kappa shape index (κ2) is 6.03. The maximum Gasteiger partial charge on any atom is 0.243 e. The van der Waals surface area contributed by atoms with Crippen LogP contribution >= 0.6 is 0 Å². The Hall–Kier alpha value is -2.24. The molecular formula is C15H19N5O. The molecule has 0 saturated heterocycles. The van der Waals surface area contributed by atoms with Gasteiger partial charge in [-0.05, 0) is 30.5 Å². The molecule has 1 aliphatic rings. The lowest BCUT2D eigenvalue weighted by molar-refractivity contribution is -0.122. The van der Waals surface area contributed by atoms with Gasteiger partial charge in [-0.2, -0.15) is 4.80 Å². The fourth-order valence-electron chi connectivity index (χ4n) is 2.71. The third kappa shape index (κ3) is 3.26. The van der Waals surface area contributed by atoms with Crippen LogP contribution in [0.25, 0.3) is 11.4 Å². The Morgan fingerprint density at radius 3 is 2.86 bits per heavy atom. The quantitative estimate of drug-likeness (QED) is 0.928. The lowest BCUT2D eigenvalue weighted by atomic mass is 10.1. The van der Waals surface area contributed by atoms with E-state index in [0.29, 0.717) is 11.9 Å². The number of amides is 1. The molecule has 0 radical (unpaired) electrons. The molecule has 0 unspecified atom stereocenters. The normalized spacial score (nSPS) is 15.3. The molecule has 110 valence electrons. The first-order valence-electron chi connectivity index (χ1n) is 7.35. The van der Waals surface area contributed by atoms with Crippen LogP contribution in [0.2, 0.25) is 0 Å². The summed E-state index contributed by atoms with van der Waals surface area (Å²) >= 11 is 0. The molecule has 21 heavy (non-hydrogen) atoms. The van der Waals surface area contributed by atoms with Gasteiger partial charge in [-0.3, -0.25) is 4.79 Å². The first-order valence-corrected chi connectivity index (χ1v) is 7.35. The lowest BCUT2D eigenvalue weighted by Crippen LogP contribution is -2.35. The molecule has 1 amide bonds. The van der Waals surface area contributed by atoms with Crippen LogP contribution in [0.15, 0.2) is 24.3 Å². The van der Waals surface area contributed by atoms with Crippen molar-refractivity contribution < 1.29 is 4.79 Å². The summed E-state index contributed by atoms with van der Waals surface area (Å²) in [5, 5.41) is 15.3. The summed E-state index contributed by atoms with van der Waals surface area (Å²) in [6, 6.07) is 8.18. The van der Waals surface area contributed by atoms with E-state index in [-0.39, 0.29) is 12.5 Å². The van der Waals surface area contributed by atoms with Crippen molar-refractivity contribution in [2.75, 3.05) is 0 Å². The fraction of sp³-hybridized carbons (Fsp3) is 0.467. The Morgan fingerprint density at radius 2 is 2.10 bits per heavy atom. The minimum atomic E-state index is -0.0457. The Kier molecular flexibility index (Phi) is 3.94. The summed E-state index contributed by atoms with van der Waals surface area (Å²) in [6.45, 7) is 2.12. The van der Waals surface area contributed by atoms with Gasteiger partial charge < -0.3 is 5.32 Å². The van der Waals surface area contributed by atoms with Crippen molar-refractivity contribution in [1.29, 1.82) is 0 Å². The van der Waals surface area contributed by atoms with Crippen molar-refractivity contribution in [2.45, 2.75) is 45.2 Å². The number of hydrogen-bond donors (Lipinski definition) is 1. The smallest absolute Gasteiger partial charge is 0.243 e. The third-order valence-corrected chi connectivity index (χ3v) is 3.84. The largest absolute Gasteiger partial charge is 0.352 e. The molecule has 3 rings (SSSR count). The molecule has 1 aromatic carbocycles. The van der Waals surface area contributed by atoms with Crippen LogP contribution in [0.5, 0.6) is 0 Å². The summed E-state index contributed by atoms with van der Waals surface area (Å²) in [5.41, 5.74) is 2.03. The van der Waals surface area contributed by atoms with Crippen LogP contribution in [0.1, 0.15) is 31.2 Å². The van der Waals surface area contributed by atoms with E-state index in [9.17, 15) is 4.79 Å². The maximum atomic E-state index is 11.9. The number of aryl methyl sites for hydroxylation is 1. The van der Waals surface area contributed by atoms with E-state index in [2.05, 4.69) is 20.7 Å². The van der Waals surface area contributed by atoms with Gasteiger partial charge in [0.05, 0.1) is 0 Å². The molecule has 6 nitrogen and oxygen atoms in total. The molecule has 1 aliphatic carbocycles. The minimum absolute atomic E-state index is 0.0457. The van der Waals surface area contributed by atoms with Gasteiger partial charge in [-0.1, -0.05) is 37.1 Å². The van der Waals surface area contributed by atoms with E-state index in [0.717, 1.165) is 24.0 Å². The van der Waals surface area contributed by atoms with Crippen LogP contribution in [0, 0.1) is 6.92 Å². The van der Waals surface area contributed by atoms with E-state index in [4.69, 9.17) is 0 Å². The molecule has 6 heteroatoms. The monoisotopic (exact) mass is 285 g/mol. The summed E-state index contributed by atoms with van der Waals surface area (Å²) in [4.78, 5) is 13.3. The molecule has 0 atom stereocenters. The summed E-state index contributed by atoms with van der Waals surface area (Å²) in [6.07, 6.45) is 4.55. The minimum Gasteiger partial charge on any atom is -0.352 e. The number of aromatic nitrogens is 4. The number of carbonyl (C=O) groups is 1. The van der Waals surface area contributed by atoms with Gasteiger partial charge in [0.15, 0.2) is 0 Å². The molecule has 0 spiro atoms. The van der Waals surface area contributed by atoms with Crippen molar-refractivity contribution in [3.8, 4) is 11.4 Å². The first-order chi connectivity index (χ1) is 10.2. The van der Waals surface area contributed by atoms with Gasteiger partial charge in [-0.15, -0.1) is 10.2 Å². The molecular weight excluding hydrogens is 266 g/mol. The highest BCUT2D eigenvalue weighted by molar-refractivity contribution is 5.75. The molecule has 0 aliphatic heterocycles. The number of hydrogen-bond acceptors (Lipinski definition) is 4. The van der Waals surface area contributed by atoms with Gasteiger partial charge in [0.25, 0.3) is 0 Å². The van der Waals surface area contributed by atoms with Crippen molar-refractivity contribution in [3.05, 3.63) is 29.8 Å². The predicted molar refractivity (Wildman–Crippen MR) is 78.4 cm³/mol. The molecule has 2 aromatic rings. The molecule has 0 bridgehead atoms. The SMILES string of the molecule is Cc1ccccc1-c1nnn(CC(=O)NC2CCCC2)n1. The van der Waals surface area contributed by atoms with Gasteiger partial charge in [-0.25, -0.2) is 0 Å². The highest BCUT2D eigenvalue weighted by atomic mass is 16.2. The number of rotatable bonds is 4. The van der Waals surface area contributed by atoms with Crippen molar-refractivity contribution in [3.63, 3.8) is 0 Å². The average Bonchev–Trinajstić information content (AvgIpc) is 3.11. The summed E-state index contributed by atoms with van der Waals surface area (Å²) < 4.78 is 0. The standard InChI is InChI=1S/C15H19N5O/c1-11-6-2-5-9-13(11)15-17-19-20(18-15)10-14(21)16-12-7-3-4-8-12/h2,5-6,9,12H,3-4,7-8,10H2,1H3,(H,16,21). The van der Waals surface area contributed by atoms with E-state index in [1.807, 2.05) is 31.2 Å². The average molecular weight is 285 g/mol. The van der Waals surface area contributed by atoms with Crippen molar-refractivity contribution >= 4 is 5.91 Å². The molecule has 1 heterocycles. The van der Waals surface area contributed by atoms with Gasteiger partial charge >= 0.3 is 0 Å². The van der Waals surface area contributed by atoms with E-state index < -0.39 is 0 Å². The number of tetrazole rings is 1. The molecule has 1 fully saturated rings. The Bertz CT molecular complexity index is 630. The van der Waals surface area contributed by atoms with Gasteiger partial charge in [0.2, 0.25) is 11.7 Å². The number of nitrogens with zero attached hydrogens (tertiary/aromatic N) is 4. The van der Waals surface area contributed by atoms with Crippen LogP contribution in [0.3, 0.4) is 0 Å². The topological polar surface area (TPSA) is 72.7 Å². The predicted octanol–water partition coefficient (Wildman–Crippen LogP) is 1.71. The third-order valence-electron chi connectivity index (χ3n) is 3.84. The Labute approximate surface area is 123 Å². The Morgan fingerprint density at radius 1 is 1.33 bits per heavy atom. The number of nitrogens with one attached hydrogen (secondary N) is 1. The molecule has 1 aromatic heterocycles. The van der Waals surface area contributed by atoms with Crippen LogP contribution in [0.4, 0.5) is 0 Å². The van der Waals surface area contributed by atoms with Crippen LogP contribution < -0.4 is 5.32 Å². The zero-order valence-corrected chi connectivity index (χ0v) is 12.1. The molecule has 1 saturated carbocycles.